The quantitative estimate of drug-likeness (QED) is 0.425. The van der Waals surface area contributed by atoms with Crippen LogP contribution < -0.4 is 5.73 Å². The molecule has 1 unspecified atom stereocenters. The standard InChI is InChI=1S/C16H18N2S.C6H9N/c1-3-4-5-13-6-8-14(9-7-13)10-15(17)16-11-19-12(2)18-16;1-3-5-6-7-4-2/h1,6-9,11,15H,4-5,10,17H2,2H3;3-6H,1H2,2H3/b;6-5-,7-4?. The maximum absolute atomic E-state index is 6.18. The molecule has 0 saturated heterocycles. The van der Waals surface area contributed by atoms with Gasteiger partial charge in [-0.15, -0.1) is 23.7 Å². The van der Waals surface area contributed by atoms with Gasteiger partial charge in [-0.25, -0.2) is 4.98 Å². The molecule has 0 bridgehead atoms. The molecule has 2 N–H and O–H groups in total. The normalized spacial score (nSPS) is 11.8. The zero-order chi connectivity index (χ0) is 19.2. The zero-order valence-electron chi connectivity index (χ0n) is 15.6. The number of hydrogen-bond donors (Lipinski definition) is 1. The van der Waals surface area contributed by atoms with E-state index in [-0.39, 0.29) is 6.04 Å². The van der Waals surface area contributed by atoms with Gasteiger partial charge in [0.15, 0.2) is 0 Å². The molecule has 26 heavy (non-hydrogen) atoms. The fraction of sp³-hybridized carbons (Fsp3) is 0.273. The molecular formula is C22H27N3S. The Labute approximate surface area is 161 Å². The second kappa shape index (κ2) is 12.8. The van der Waals surface area contributed by atoms with Crippen molar-refractivity contribution in [3.8, 4) is 12.3 Å². The van der Waals surface area contributed by atoms with Crippen LogP contribution in [0, 0.1) is 19.3 Å². The van der Waals surface area contributed by atoms with Crippen LogP contribution in [0.25, 0.3) is 0 Å². The van der Waals surface area contributed by atoms with Crippen molar-refractivity contribution in [2.75, 3.05) is 0 Å². The van der Waals surface area contributed by atoms with Crippen LogP contribution in [0.3, 0.4) is 0 Å². The molecular weight excluding hydrogens is 338 g/mol. The molecule has 1 aromatic carbocycles. The Morgan fingerprint density at radius 2 is 2.04 bits per heavy atom. The Bertz CT molecular complexity index is 748. The lowest BCUT2D eigenvalue weighted by molar-refractivity contribution is 0.700. The van der Waals surface area contributed by atoms with E-state index in [0.717, 1.165) is 30.0 Å². The molecule has 3 nitrogen and oxygen atoms in total. The molecule has 0 radical (unpaired) electrons. The molecule has 136 valence electrons. The van der Waals surface area contributed by atoms with Gasteiger partial charge >= 0.3 is 0 Å². The summed E-state index contributed by atoms with van der Waals surface area (Å²) in [5, 5.41) is 3.11. The van der Waals surface area contributed by atoms with E-state index >= 15 is 0 Å². The van der Waals surface area contributed by atoms with E-state index in [9.17, 15) is 0 Å². The highest BCUT2D eigenvalue weighted by atomic mass is 32.1. The second-order valence-corrected chi connectivity index (χ2v) is 6.67. The van der Waals surface area contributed by atoms with E-state index in [1.54, 1.807) is 35.9 Å². The number of nitrogens with zero attached hydrogens (tertiary/aromatic N) is 2. The van der Waals surface area contributed by atoms with Crippen molar-refractivity contribution >= 4 is 17.6 Å². The summed E-state index contributed by atoms with van der Waals surface area (Å²) in [5.74, 6) is 2.66. The van der Waals surface area contributed by atoms with Crippen molar-refractivity contribution in [1.82, 2.24) is 4.98 Å². The minimum absolute atomic E-state index is 0.0264. The van der Waals surface area contributed by atoms with E-state index < -0.39 is 0 Å². The van der Waals surface area contributed by atoms with E-state index in [2.05, 4.69) is 46.7 Å². The van der Waals surface area contributed by atoms with Gasteiger partial charge in [-0.05, 0) is 43.9 Å². The van der Waals surface area contributed by atoms with Crippen molar-refractivity contribution < 1.29 is 0 Å². The molecule has 0 aliphatic carbocycles. The number of nitrogens with two attached hydrogens (primary N) is 1. The topological polar surface area (TPSA) is 51.3 Å². The first kappa shape index (κ1) is 21.6. The fourth-order valence-corrected chi connectivity index (χ4v) is 2.84. The molecule has 0 aliphatic heterocycles. The summed E-state index contributed by atoms with van der Waals surface area (Å²) in [5.41, 5.74) is 9.68. The Hall–Kier alpha value is -2.48. The van der Waals surface area contributed by atoms with Crippen LogP contribution in [0.4, 0.5) is 0 Å². The van der Waals surface area contributed by atoms with E-state index in [1.165, 1.54) is 11.1 Å². The largest absolute Gasteiger partial charge is 0.322 e. The Morgan fingerprint density at radius 1 is 1.35 bits per heavy atom. The smallest absolute Gasteiger partial charge is 0.0898 e. The van der Waals surface area contributed by atoms with Gasteiger partial charge in [0.05, 0.1) is 16.7 Å². The first-order chi connectivity index (χ1) is 12.6. The zero-order valence-corrected chi connectivity index (χ0v) is 16.4. The first-order valence-electron chi connectivity index (χ1n) is 8.55. The average Bonchev–Trinajstić information content (AvgIpc) is 3.09. The average molecular weight is 366 g/mol. The van der Waals surface area contributed by atoms with Gasteiger partial charge in [0.2, 0.25) is 0 Å². The summed E-state index contributed by atoms with van der Waals surface area (Å²) >= 11 is 1.64. The van der Waals surface area contributed by atoms with Gasteiger partial charge in [0.1, 0.15) is 0 Å². The van der Waals surface area contributed by atoms with E-state index in [4.69, 9.17) is 12.2 Å². The summed E-state index contributed by atoms with van der Waals surface area (Å²) < 4.78 is 0. The number of aromatic nitrogens is 1. The van der Waals surface area contributed by atoms with Crippen LogP contribution in [-0.2, 0) is 12.8 Å². The maximum atomic E-state index is 6.18. The summed E-state index contributed by atoms with van der Waals surface area (Å²) in [4.78, 5) is 8.22. The molecule has 0 spiro atoms. The van der Waals surface area contributed by atoms with Crippen molar-refractivity contribution in [3.05, 3.63) is 76.4 Å². The Morgan fingerprint density at radius 3 is 2.58 bits per heavy atom. The predicted molar refractivity (Wildman–Crippen MR) is 115 cm³/mol. The Kier molecular flexibility index (Phi) is 10.6. The van der Waals surface area contributed by atoms with Gasteiger partial charge in [-0.2, -0.15) is 0 Å². The van der Waals surface area contributed by atoms with Gasteiger partial charge in [0, 0.05) is 24.2 Å². The van der Waals surface area contributed by atoms with E-state index in [0.29, 0.717) is 0 Å². The van der Waals surface area contributed by atoms with E-state index in [1.807, 2.05) is 19.2 Å². The highest BCUT2D eigenvalue weighted by Crippen LogP contribution is 2.19. The van der Waals surface area contributed by atoms with Crippen LogP contribution in [0.5, 0.6) is 0 Å². The van der Waals surface area contributed by atoms with Crippen LogP contribution in [0.15, 0.2) is 59.6 Å². The lowest BCUT2D eigenvalue weighted by Crippen LogP contribution is -2.13. The number of thiazole rings is 1. The fourth-order valence-electron chi connectivity index (χ4n) is 2.16. The molecule has 1 atom stereocenters. The summed E-state index contributed by atoms with van der Waals surface area (Å²) in [6.45, 7) is 7.34. The molecule has 2 aromatic rings. The molecule has 0 saturated carbocycles. The lowest BCUT2D eigenvalue weighted by atomic mass is 10.0. The molecule has 2 rings (SSSR count). The lowest BCUT2D eigenvalue weighted by Gasteiger charge is -2.09. The monoisotopic (exact) mass is 365 g/mol. The molecule has 4 heteroatoms. The van der Waals surface area contributed by atoms with Crippen molar-refractivity contribution in [1.29, 1.82) is 0 Å². The third-order valence-corrected chi connectivity index (χ3v) is 4.30. The van der Waals surface area contributed by atoms with Crippen LogP contribution in [0.1, 0.15) is 41.2 Å². The SMILES string of the molecule is C#CCCc1ccc(CC(N)c2csc(C)n2)cc1.C=C/C=C\N=CC. The predicted octanol–water partition coefficient (Wildman–Crippen LogP) is 5.04. The van der Waals surface area contributed by atoms with Gasteiger partial charge in [0.25, 0.3) is 0 Å². The summed E-state index contributed by atoms with van der Waals surface area (Å²) in [6, 6.07) is 8.49. The molecule has 0 amide bonds. The first-order valence-corrected chi connectivity index (χ1v) is 9.42. The van der Waals surface area contributed by atoms with Gasteiger partial charge in [-0.1, -0.05) is 36.9 Å². The highest BCUT2D eigenvalue weighted by molar-refractivity contribution is 7.09. The highest BCUT2D eigenvalue weighted by Gasteiger charge is 2.10. The number of allylic oxidation sites excluding steroid dienone is 2. The second-order valence-electron chi connectivity index (χ2n) is 5.61. The number of benzene rings is 1. The number of terminal acetylenes is 1. The number of aryl methyl sites for hydroxylation is 2. The van der Waals surface area contributed by atoms with Crippen molar-refractivity contribution in [2.24, 2.45) is 10.7 Å². The Balaban J connectivity index is 0.000000412. The molecule has 1 aromatic heterocycles. The minimum atomic E-state index is -0.0264. The number of aliphatic imine (C=N–C) groups is 1. The molecule has 0 aliphatic rings. The number of hydrogen-bond acceptors (Lipinski definition) is 4. The van der Waals surface area contributed by atoms with Crippen molar-refractivity contribution in [2.45, 2.75) is 39.2 Å². The molecule has 1 heterocycles. The van der Waals surface area contributed by atoms with Crippen molar-refractivity contribution in [3.63, 3.8) is 0 Å². The number of rotatable bonds is 7. The molecule has 0 fully saturated rings. The van der Waals surface area contributed by atoms with Crippen LogP contribution >= 0.6 is 11.3 Å². The third-order valence-electron chi connectivity index (χ3n) is 3.51. The third kappa shape index (κ3) is 8.57. The van der Waals surface area contributed by atoms with Gasteiger partial charge in [-0.3, -0.25) is 4.99 Å². The van der Waals surface area contributed by atoms with Crippen LogP contribution in [0.2, 0.25) is 0 Å². The van der Waals surface area contributed by atoms with Crippen LogP contribution in [-0.4, -0.2) is 11.2 Å². The summed E-state index contributed by atoms with van der Waals surface area (Å²) in [7, 11) is 0. The summed E-state index contributed by atoms with van der Waals surface area (Å²) in [6.07, 6.45) is 14.7. The minimum Gasteiger partial charge on any atom is -0.322 e. The van der Waals surface area contributed by atoms with Gasteiger partial charge < -0.3 is 5.73 Å². The maximum Gasteiger partial charge on any atom is 0.0898 e.